The average Bonchev–Trinajstić information content (AvgIpc) is 2.43. The van der Waals surface area contributed by atoms with Crippen molar-refractivity contribution in [1.29, 1.82) is 0 Å². The van der Waals surface area contributed by atoms with E-state index in [0.717, 1.165) is 19.4 Å². The molecule has 1 aromatic carbocycles. The van der Waals surface area contributed by atoms with Crippen LogP contribution in [-0.2, 0) is 16.6 Å². The van der Waals surface area contributed by atoms with Gasteiger partial charge in [-0.15, -0.1) is 0 Å². The van der Waals surface area contributed by atoms with Crippen LogP contribution in [0.15, 0.2) is 30.4 Å². The van der Waals surface area contributed by atoms with E-state index in [1.165, 1.54) is 16.7 Å². The summed E-state index contributed by atoms with van der Waals surface area (Å²) < 4.78 is 0. The topological polar surface area (TPSA) is 20.3 Å². The molecule has 104 valence electrons. The van der Waals surface area contributed by atoms with Crippen LogP contribution in [0.2, 0.25) is 0 Å². The summed E-state index contributed by atoms with van der Waals surface area (Å²) in [4.78, 5) is 14.6. The average molecular weight is 267 g/mol. The maximum absolute atomic E-state index is 12.1. The molecule has 1 fully saturated rings. The van der Waals surface area contributed by atoms with Gasteiger partial charge in [0.25, 0.3) is 0 Å². The molecule has 2 nitrogen and oxygen atoms in total. The molecule has 0 unspecified atom stereocenters. The molecule has 3 atom stereocenters. The number of hydrogen-bond donors (Lipinski definition) is 0. The second-order valence-corrected chi connectivity index (χ2v) is 6.85. The number of likely N-dealkylation sites (tertiary alicyclic amines) is 1. The number of allylic oxidation sites excluding steroid dienone is 1. The van der Waals surface area contributed by atoms with Gasteiger partial charge in [-0.25, -0.2) is 0 Å². The first-order chi connectivity index (χ1) is 9.60. The molecule has 0 saturated carbocycles. The lowest BCUT2D eigenvalue weighted by molar-refractivity contribution is -0.118. The summed E-state index contributed by atoms with van der Waals surface area (Å²) in [6, 6.07) is 7.41. The number of likely N-dealkylation sites (N-methyl/N-ethyl adjacent to an activating group) is 1. The second-order valence-electron chi connectivity index (χ2n) is 6.85. The molecule has 1 heterocycles. The van der Waals surface area contributed by atoms with E-state index in [1.54, 1.807) is 0 Å². The summed E-state index contributed by atoms with van der Waals surface area (Å²) in [5, 5.41) is 0. The van der Waals surface area contributed by atoms with E-state index in [0.29, 0.717) is 24.2 Å². The van der Waals surface area contributed by atoms with Crippen LogP contribution in [-0.4, -0.2) is 30.3 Å². The Bertz CT molecular complexity index is 618. The van der Waals surface area contributed by atoms with E-state index in [9.17, 15) is 4.79 Å². The van der Waals surface area contributed by atoms with E-state index in [1.807, 2.05) is 6.08 Å². The highest BCUT2D eigenvalue weighted by atomic mass is 16.1. The van der Waals surface area contributed by atoms with Crippen molar-refractivity contribution in [2.45, 2.75) is 37.6 Å². The number of aryl methyl sites for hydroxylation is 1. The molecule has 1 aromatic rings. The van der Waals surface area contributed by atoms with Crippen LogP contribution in [0.5, 0.6) is 0 Å². The maximum atomic E-state index is 12.1. The van der Waals surface area contributed by atoms with Crippen LogP contribution < -0.4 is 0 Å². The molecule has 1 aliphatic heterocycles. The zero-order valence-electron chi connectivity index (χ0n) is 12.2. The van der Waals surface area contributed by atoms with Crippen molar-refractivity contribution < 1.29 is 4.79 Å². The van der Waals surface area contributed by atoms with Gasteiger partial charge in [0, 0.05) is 23.8 Å². The molecule has 2 bridgehead atoms. The Morgan fingerprint density at radius 1 is 1.35 bits per heavy atom. The van der Waals surface area contributed by atoms with Crippen molar-refractivity contribution in [3.63, 3.8) is 0 Å². The van der Waals surface area contributed by atoms with Gasteiger partial charge in [0.2, 0.25) is 0 Å². The third-order valence-electron chi connectivity index (χ3n) is 5.74. The van der Waals surface area contributed by atoms with Crippen LogP contribution in [0.1, 0.15) is 29.5 Å². The predicted octanol–water partition coefficient (Wildman–Crippen LogP) is 2.64. The highest BCUT2D eigenvalue weighted by Gasteiger charge is 2.53. The van der Waals surface area contributed by atoms with Gasteiger partial charge in [-0.3, -0.25) is 4.79 Å². The molecule has 0 radical (unpaired) electrons. The molecular weight excluding hydrogens is 246 g/mol. The van der Waals surface area contributed by atoms with Gasteiger partial charge in [-0.05, 0) is 50.6 Å². The van der Waals surface area contributed by atoms with Gasteiger partial charge >= 0.3 is 0 Å². The van der Waals surface area contributed by atoms with Crippen LogP contribution in [0.4, 0.5) is 0 Å². The third kappa shape index (κ3) is 1.51. The van der Waals surface area contributed by atoms with Crippen molar-refractivity contribution in [3.8, 4) is 0 Å². The summed E-state index contributed by atoms with van der Waals surface area (Å²) >= 11 is 0. The molecule has 20 heavy (non-hydrogen) atoms. The largest absolute Gasteiger partial charge is 0.302 e. The number of rotatable bonds is 0. The highest BCUT2D eigenvalue weighted by Crippen LogP contribution is 2.53. The zero-order chi connectivity index (χ0) is 13.9. The lowest BCUT2D eigenvalue weighted by atomic mass is 9.54. The fraction of sp³-hybridized carbons (Fsp3) is 0.500. The molecule has 4 rings (SSSR count). The Hall–Kier alpha value is -1.41. The van der Waals surface area contributed by atoms with Crippen LogP contribution in [0, 0.1) is 12.8 Å². The Morgan fingerprint density at radius 3 is 3.05 bits per heavy atom. The van der Waals surface area contributed by atoms with Crippen LogP contribution in [0.25, 0.3) is 0 Å². The molecular formula is C18H21NO. The number of ketones is 1. The number of fused-ring (bicyclic) bond motifs is 1. The summed E-state index contributed by atoms with van der Waals surface area (Å²) in [5.74, 6) is 0.812. The maximum Gasteiger partial charge on any atom is 0.156 e. The quantitative estimate of drug-likeness (QED) is 0.720. The highest BCUT2D eigenvalue weighted by molar-refractivity contribution is 5.92. The molecule has 0 spiro atoms. The van der Waals surface area contributed by atoms with Crippen molar-refractivity contribution in [2.75, 3.05) is 13.6 Å². The van der Waals surface area contributed by atoms with Gasteiger partial charge in [0.05, 0.1) is 0 Å². The van der Waals surface area contributed by atoms with Crippen molar-refractivity contribution in [2.24, 2.45) is 5.92 Å². The lowest BCUT2D eigenvalue weighted by Gasteiger charge is -2.56. The Labute approximate surface area is 120 Å². The van der Waals surface area contributed by atoms with Crippen LogP contribution in [0.3, 0.4) is 0 Å². The third-order valence-corrected chi connectivity index (χ3v) is 5.74. The Balaban J connectivity index is 1.96. The number of nitrogens with zero attached hydrogens (tertiary/aromatic N) is 1. The Kier molecular flexibility index (Phi) is 2.50. The smallest absolute Gasteiger partial charge is 0.156 e. The number of hydrogen-bond acceptors (Lipinski definition) is 2. The number of carbonyl (C=O) groups excluding carboxylic acids is 1. The van der Waals surface area contributed by atoms with Crippen molar-refractivity contribution in [1.82, 2.24) is 4.90 Å². The fourth-order valence-electron chi connectivity index (χ4n) is 4.70. The summed E-state index contributed by atoms with van der Waals surface area (Å²) in [6.07, 6.45) is 6.97. The first kappa shape index (κ1) is 12.3. The predicted molar refractivity (Wildman–Crippen MR) is 79.9 cm³/mol. The summed E-state index contributed by atoms with van der Waals surface area (Å²) in [7, 11) is 2.23. The van der Waals surface area contributed by atoms with Crippen molar-refractivity contribution >= 4 is 5.78 Å². The standard InChI is InChI=1S/C18H21NO/c1-12-3-4-13-10-17-15-6-5-14(20)11-18(15,16(13)9-12)7-8-19(17)2/h3-6,9,15,17H,7-8,10-11H2,1-2H3/t15-,17+,18-/m0/s1. The van der Waals surface area contributed by atoms with Crippen molar-refractivity contribution in [3.05, 3.63) is 47.0 Å². The second kappa shape index (κ2) is 4.05. The van der Waals surface area contributed by atoms with Gasteiger partial charge in [0.1, 0.15) is 0 Å². The zero-order valence-corrected chi connectivity index (χ0v) is 12.2. The lowest BCUT2D eigenvalue weighted by Crippen LogP contribution is -2.59. The molecule has 3 aliphatic rings. The van der Waals surface area contributed by atoms with E-state index >= 15 is 0 Å². The first-order valence-corrected chi connectivity index (χ1v) is 7.61. The van der Waals surface area contributed by atoms with Gasteiger partial charge in [-0.2, -0.15) is 0 Å². The van der Waals surface area contributed by atoms with E-state index < -0.39 is 0 Å². The molecule has 2 heteroatoms. The van der Waals surface area contributed by atoms with Gasteiger partial charge in [-0.1, -0.05) is 29.8 Å². The van der Waals surface area contributed by atoms with E-state index in [4.69, 9.17) is 0 Å². The minimum Gasteiger partial charge on any atom is -0.302 e. The molecule has 0 N–H and O–H groups in total. The van der Waals surface area contributed by atoms with Gasteiger partial charge < -0.3 is 4.90 Å². The van der Waals surface area contributed by atoms with E-state index in [2.05, 4.69) is 43.1 Å². The first-order valence-electron chi connectivity index (χ1n) is 7.61. The number of piperidine rings is 1. The number of carbonyl (C=O) groups is 1. The molecule has 1 saturated heterocycles. The molecule has 0 amide bonds. The Morgan fingerprint density at radius 2 is 2.20 bits per heavy atom. The van der Waals surface area contributed by atoms with Crippen LogP contribution >= 0.6 is 0 Å². The van der Waals surface area contributed by atoms with E-state index in [-0.39, 0.29) is 5.41 Å². The van der Waals surface area contributed by atoms with Gasteiger partial charge in [0.15, 0.2) is 5.78 Å². The summed E-state index contributed by atoms with van der Waals surface area (Å²) in [5.41, 5.74) is 4.31. The number of benzene rings is 1. The summed E-state index contributed by atoms with van der Waals surface area (Å²) in [6.45, 7) is 3.27. The molecule has 0 aromatic heterocycles. The minimum atomic E-state index is 0.0720. The monoisotopic (exact) mass is 267 g/mol. The fourth-order valence-corrected chi connectivity index (χ4v) is 4.70. The molecule has 2 aliphatic carbocycles. The normalized spacial score (nSPS) is 35.6. The SMILES string of the molecule is Cc1ccc2c(c1)[C@]13CCN(C)[C@H](C2)[C@@H]1C=CC(=O)C3. The minimum absolute atomic E-state index is 0.0720.